The van der Waals surface area contributed by atoms with E-state index >= 15 is 0 Å². The number of rotatable bonds is 0. The Balaban J connectivity index is 0. The van der Waals surface area contributed by atoms with Gasteiger partial charge >= 0.3 is 6.18 Å². The topological polar surface area (TPSA) is 0 Å². The fourth-order valence-electron chi connectivity index (χ4n) is 0.195. The summed E-state index contributed by atoms with van der Waals surface area (Å²) >= 11 is 9.66. The van der Waals surface area contributed by atoms with E-state index < -0.39 is 16.2 Å². The maximum absolute atomic E-state index is 11.4. The first kappa shape index (κ1) is 13.7. The lowest BCUT2D eigenvalue weighted by atomic mass is 10.5. The van der Waals surface area contributed by atoms with E-state index in [1.807, 2.05) is 13.8 Å². The van der Waals surface area contributed by atoms with Crippen molar-refractivity contribution < 1.29 is 13.2 Å². The van der Waals surface area contributed by atoms with Crippen LogP contribution < -0.4 is 0 Å². The lowest BCUT2D eigenvalue weighted by molar-refractivity contribution is -0.0848. The summed E-state index contributed by atoms with van der Waals surface area (Å²) in [6, 6.07) is 0. The van der Waals surface area contributed by atoms with Gasteiger partial charge in [-0.15, -0.1) is 0 Å². The van der Waals surface area contributed by atoms with Gasteiger partial charge in [0.25, 0.3) is 0 Å². The smallest absolute Gasteiger partial charge is 0.165 e. The molecule has 0 aliphatic heterocycles. The maximum Gasteiger partial charge on any atom is 0.428 e. The number of hydrogen-bond acceptors (Lipinski definition) is 0. The molecule has 0 fully saturated rings. The molecule has 0 aromatic carbocycles. The molecule has 0 radical (unpaired) electrons. The zero-order valence-electron chi connectivity index (χ0n) is 6.39. The van der Waals surface area contributed by atoms with E-state index in [-0.39, 0.29) is 0 Å². The summed E-state index contributed by atoms with van der Waals surface area (Å²) in [5.74, 6) is 0. The molecule has 0 aromatic heterocycles. The van der Waals surface area contributed by atoms with E-state index in [1.165, 1.54) is 0 Å². The van der Waals surface area contributed by atoms with E-state index in [9.17, 15) is 13.2 Å². The summed E-state index contributed by atoms with van der Waals surface area (Å²) in [7, 11) is 0. The van der Waals surface area contributed by atoms with Gasteiger partial charge < -0.3 is 0 Å². The Morgan fingerprint density at radius 1 is 1.09 bits per heavy atom. The molecule has 0 amide bonds. The van der Waals surface area contributed by atoms with E-state index in [0.717, 1.165) is 6.92 Å². The molecule has 68 valence electrons. The summed E-state index contributed by atoms with van der Waals surface area (Å²) in [6.45, 7) is 5.08. The van der Waals surface area contributed by atoms with Crippen molar-refractivity contribution in [2.45, 2.75) is 26.9 Å². The predicted octanol–water partition coefficient (Wildman–Crippen LogP) is 4.28. The summed E-state index contributed by atoms with van der Waals surface area (Å²) in [6.07, 6.45) is -4.51. The zero-order chi connectivity index (χ0) is 9.65. The molecule has 0 atom stereocenters. The molecule has 0 heterocycles. The fourth-order valence-corrected chi connectivity index (χ4v) is 0.302. The molecular weight excluding hydrogens is 200 g/mol. The third kappa shape index (κ3) is 6.51. The molecule has 0 spiro atoms. The van der Waals surface area contributed by atoms with Gasteiger partial charge in [-0.2, -0.15) is 13.2 Å². The van der Waals surface area contributed by atoms with Gasteiger partial charge in [0.2, 0.25) is 0 Å². The monoisotopic (exact) mass is 208 g/mol. The van der Waals surface area contributed by atoms with Gasteiger partial charge in [0.1, 0.15) is 5.03 Å². The molecule has 0 nitrogen and oxygen atoms in total. The largest absolute Gasteiger partial charge is 0.428 e. The number of hydrogen-bond donors (Lipinski definition) is 0. The highest BCUT2D eigenvalue weighted by Gasteiger charge is 2.33. The minimum absolute atomic E-state index is 0.441. The predicted molar refractivity (Wildman–Crippen MR) is 41.8 cm³/mol. The van der Waals surface area contributed by atoms with Crippen LogP contribution in [0.2, 0.25) is 0 Å². The van der Waals surface area contributed by atoms with E-state index in [0.29, 0.717) is 0 Å². The Kier molecular flexibility index (Phi) is 7.12. The van der Waals surface area contributed by atoms with Crippen molar-refractivity contribution in [2.24, 2.45) is 0 Å². The third-order valence-electron chi connectivity index (χ3n) is 0.551. The summed E-state index contributed by atoms with van der Waals surface area (Å²) in [5, 5.41) is -1.70. The lowest BCUT2D eigenvalue weighted by Gasteiger charge is -2.03. The Bertz CT molecular complexity index is 133. The number of allylic oxidation sites excluding steroid dienone is 2. The van der Waals surface area contributed by atoms with Crippen LogP contribution in [-0.4, -0.2) is 6.18 Å². The van der Waals surface area contributed by atoms with Crippen LogP contribution in [0, 0.1) is 0 Å². The molecule has 11 heavy (non-hydrogen) atoms. The fraction of sp³-hybridized carbons (Fsp3) is 0.667. The van der Waals surface area contributed by atoms with Gasteiger partial charge in [0.05, 0.1) is 0 Å². The van der Waals surface area contributed by atoms with E-state index in [1.54, 1.807) is 0 Å². The first-order valence-electron chi connectivity index (χ1n) is 2.94. The van der Waals surface area contributed by atoms with Crippen LogP contribution >= 0.6 is 23.2 Å². The molecule has 0 aliphatic carbocycles. The van der Waals surface area contributed by atoms with Gasteiger partial charge in [0.15, 0.2) is 0 Å². The average Bonchev–Trinajstić information content (AvgIpc) is 1.89. The minimum Gasteiger partial charge on any atom is -0.165 e. The average molecular weight is 209 g/mol. The van der Waals surface area contributed by atoms with Crippen molar-refractivity contribution in [3.63, 3.8) is 0 Å². The Morgan fingerprint density at radius 3 is 1.36 bits per heavy atom. The van der Waals surface area contributed by atoms with E-state index in [4.69, 9.17) is 23.2 Å². The van der Waals surface area contributed by atoms with Gasteiger partial charge in [-0.1, -0.05) is 37.0 Å². The van der Waals surface area contributed by atoms with Crippen LogP contribution in [0.15, 0.2) is 10.1 Å². The van der Waals surface area contributed by atoms with Crippen molar-refractivity contribution in [1.82, 2.24) is 0 Å². The van der Waals surface area contributed by atoms with Crippen LogP contribution in [0.1, 0.15) is 20.8 Å². The van der Waals surface area contributed by atoms with E-state index in [2.05, 4.69) is 0 Å². The van der Waals surface area contributed by atoms with Crippen LogP contribution in [0.25, 0.3) is 0 Å². The SMILES string of the molecule is C/C(Cl)=C(/Cl)C(F)(F)F.CC. The molecule has 0 aliphatic rings. The van der Waals surface area contributed by atoms with Crippen LogP contribution in [-0.2, 0) is 0 Å². The van der Waals surface area contributed by atoms with Crippen molar-refractivity contribution in [1.29, 1.82) is 0 Å². The van der Waals surface area contributed by atoms with Crippen molar-refractivity contribution in [2.75, 3.05) is 0 Å². The quantitative estimate of drug-likeness (QED) is 0.558. The van der Waals surface area contributed by atoms with Crippen LogP contribution in [0.4, 0.5) is 13.2 Å². The molecule has 0 bridgehead atoms. The first-order chi connectivity index (χ1) is 4.85. The Hall–Kier alpha value is 0.110. The highest BCUT2D eigenvalue weighted by molar-refractivity contribution is 6.39. The van der Waals surface area contributed by atoms with Crippen molar-refractivity contribution >= 4 is 23.2 Å². The first-order valence-corrected chi connectivity index (χ1v) is 3.70. The molecule has 0 rings (SSSR count). The second-order valence-corrected chi connectivity index (χ2v) is 2.29. The summed E-state index contributed by atoms with van der Waals surface area (Å²) in [4.78, 5) is 0. The molecular formula is C6H9Cl2F3. The Morgan fingerprint density at radius 2 is 1.36 bits per heavy atom. The highest BCUT2D eigenvalue weighted by Crippen LogP contribution is 2.32. The second kappa shape index (κ2) is 5.72. The van der Waals surface area contributed by atoms with Crippen LogP contribution in [0.3, 0.4) is 0 Å². The standard InChI is InChI=1S/C4H3Cl2F3.C2H6/c1-2(5)3(6)4(7,8)9;1-2/h1H3;1-2H3/b3-2-;. The molecule has 5 heteroatoms. The van der Waals surface area contributed by atoms with Gasteiger partial charge in [-0.25, -0.2) is 0 Å². The highest BCUT2D eigenvalue weighted by atomic mass is 35.5. The summed E-state index contributed by atoms with van der Waals surface area (Å²) < 4.78 is 34.3. The molecule has 0 saturated heterocycles. The van der Waals surface area contributed by atoms with Gasteiger partial charge in [-0.05, 0) is 6.92 Å². The normalized spacial score (nSPS) is 13.1. The lowest BCUT2D eigenvalue weighted by Crippen LogP contribution is -2.07. The summed E-state index contributed by atoms with van der Waals surface area (Å²) in [5.41, 5.74) is 0. The molecule has 0 saturated carbocycles. The number of alkyl halides is 3. The maximum atomic E-state index is 11.4. The number of halogens is 5. The third-order valence-corrected chi connectivity index (χ3v) is 1.33. The van der Waals surface area contributed by atoms with Crippen LogP contribution in [0.5, 0.6) is 0 Å². The Labute approximate surface area is 74.0 Å². The molecule has 0 unspecified atom stereocenters. The molecule has 0 N–H and O–H groups in total. The van der Waals surface area contributed by atoms with Crippen molar-refractivity contribution in [3.8, 4) is 0 Å². The zero-order valence-corrected chi connectivity index (χ0v) is 7.90. The van der Waals surface area contributed by atoms with Crippen molar-refractivity contribution in [3.05, 3.63) is 10.1 Å². The minimum atomic E-state index is -4.51. The van der Waals surface area contributed by atoms with Gasteiger partial charge in [0, 0.05) is 5.03 Å². The second-order valence-electron chi connectivity index (χ2n) is 1.35. The molecule has 0 aromatic rings. The van der Waals surface area contributed by atoms with Gasteiger partial charge in [-0.3, -0.25) is 0 Å².